The van der Waals surface area contributed by atoms with Crippen molar-refractivity contribution in [1.82, 2.24) is 4.98 Å². The first-order valence-corrected chi connectivity index (χ1v) is 9.26. The van der Waals surface area contributed by atoms with Crippen molar-refractivity contribution in [2.45, 2.75) is 13.0 Å². The Labute approximate surface area is 172 Å². The monoisotopic (exact) mass is 402 g/mol. The van der Waals surface area contributed by atoms with E-state index in [4.69, 9.17) is 13.9 Å². The summed E-state index contributed by atoms with van der Waals surface area (Å²) in [5.41, 5.74) is 1.95. The zero-order valence-corrected chi connectivity index (χ0v) is 16.1. The van der Waals surface area contributed by atoms with Gasteiger partial charge in [0.1, 0.15) is 17.0 Å². The average Bonchev–Trinajstić information content (AvgIpc) is 3.23. The van der Waals surface area contributed by atoms with E-state index in [1.165, 1.54) is 19.4 Å². The van der Waals surface area contributed by atoms with Gasteiger partial charge in [-0.3, -0.25) is 4.79 Å². The Balaban J connectivity index is 1.34. The van der Waals surface area contributed by atoms with Crippen LogP contribution in [0.15, 0.2) is 83.6 Å². The van der Waals surface area contributed by atoms with Gasteiger partial charge in [0.25, 0.3) is 5.91 Å². The first kappa shape index (κ1) is 19.2. The zero-order chi connectivity index (χ0) is 20.9. The number of benzene rings is 3. The van der Waals surface area contributed by atoms with Gasteiger partial charge in [0.2, 0.25) is 0 Å². The number of nitrogens with one attached hydrogen (secondary N) is 1. The topological polar surface area (TPSA) is 90.7 Å². The van der Waals surface area contributed by atoms with Crippen molar-refractivity contribution in [3.05, 3.63) is 84.8 Å². The van der Waals surface area contributed by atoms with Crippen LogP contribution in [0.1, 0.15) is 17.3 Å². The molecule has 1 aromatic heterocycles. The SMILES string of the molecule is CC(OC(=O)c1ccc2ncoc2c1)C(=O)Nc1ccc(Oc2ccccc2)cc1. The molecule has 7 nitrogen and oxygen atoms in total. The minimum Gasteiger partial charge on any atom is -0.457 e. The fraction of sp³-hybridized carbons (Fsp3) is 0.0870. The average molecular weight is 402 g/mol. The summed E-state index contributed by atoms with van der Waals surface area (Å²) in [7, 11) is 0. The molecule has 0 radical (unpaired) electrons. The standard InChI is InChI=1S/C23H18N2O5/c1-15(29-23(27)16-7-12-20-21(13-16)28-14-24-20)22(26)25-17-8-10-19(11-9-17)30-18-5-3-2-4-6-18/h2-15H,1H3,(H,25,26). The lowest BCUT2D eigenvalue weighted by molar-refractivity contribution is -0.123. The van der Waals surface area contributed by atoms with Gasteiger partial charge >= 0.3 is 5.97 Å². The van der Waals surface area contributed by atoms with Crippen LogP contribution < -0.4 is 10.1 Å². The van der Waals surface area contributed by atoms with Crippen LogP contribution in [-0.4, -0.2) is 23.0 Å². The number of para-hydroxylation sites is 1. The van der Waals surface area contributed by atoms with Gasteiger partial charge in [-0.05, 0) is 61.5 Å². The summed E-state index contributed by atoms with van der Waals surface area (Å²) < 4.78 is 16.2. The molecule has 1 heterocycles. The molecule has 0 spiro atoms. The van der Waals surface area contributed by atoms with Crippen molar-refractivity contribution in [3.63, 3.8) is 0 Å². The van der Waals surface area contributed by atoms with E-state index in [9.17, 15) is 9.59 Å². The highest BCUT2D eigenvalue weighted by molar-refractivity contribution is 5.98. The van der Waals surface area contributed by atoms with Crippen LogP contribution >= 0.6 is 0 Å². The van der Waals surface area contributed by atoms with Gasteiger partial charge in [0.05, 0.1) is 5.56 Å². The van der Waals surface area contributed by atoms with Gasteiger partial charge in [-0.25, -0.2) is 9.78 Å². The van der Waals surface area contributed by atoms with Crippen molar-refractivity contribution >= 4 is 28.7 Å². The molecular weight excluding hydrogens is 384 g/mol. The molecule has 30 heavy (non-hydrogen) atoms. The maximum Gasteiger partial charge on any atom is 0.339 e. The van der Waals surface area contributed by atoms with Crippen LogP contribution in [0, 0.1) is 0 Å². The summed E-state index contributed by atoms with van der Waals surface area (Å²) in [5.74, 6) is 0.295. The largest absolute Gasteiger partial charge is 0.457 e. The normalized spacial score (nSPS) is 11.6. The van der Waals surface area contributed by atoms with E-state index in [1.807, 2.05) is 30.3 Å². The summed E-state index contributed by atoms with van der Waals surface area (Å²) in [6.07, 6.45) is 0.314. The number of amides is 1. The molecule has 0 aliphatic heterocycles. The number of ether oxygens (including phenoxy) is 2. The van der Waals surface area contributed by atoms with E-state index in [-0.39, 0.29) is 5.56 Å². The highest BCUT2D eigenvalue weighted by atomic mass is 16.5. The van der Waals surface area contributed by atoms with Gasteiger partial charge in [0.15, 0.2) is 18.1 Å². The molecule has 4 rings (SSSR count). The molecule has 4 aromatic rings. The highest BCUT2D eigenvalue weighted by Gasteiger charge is 2.19. The third kappa shape index (κ3) is 4.47. The van der Waals surface area contributed by atoms with E-state index in [1.54, 1.807) is 36.4 Å². The third-order valence-electron chi connectivity index (χ3n) is 4.32. The number of carbonyl (C=O) groups excluding carboxylic acids is 2. The van der Waals surface area contributed by atoms with E-state index >= 15 is 0 Å². The fourth-order valence-corrected chi connectivity index (χ4v) is 2.74. The maximum atomic E-state index is 12.4. The zero-order valence-electron chi connectivity index (χ0n) is 16.1. The van der Waals surface area contributed by atoms with Crippen LogP contribution in [0.2, 0.25) is 0 Å². The molecule has 0 saturated carbocycles. The van der Waals surface area contributed by atoms with Crippen LogP contribution in [0.5, 0.6) is 11.5 Å². The number of carbonyl (C=O) groups is 2. The summed E-state index contributed by atoms with van der Waals surface area (Å²) in [6, 6.07) is 21.0. The maximum absolute atomic E-state index is 12.4. The lowest BCUT2D eigenvalue weighted by atomic mass is 10.2. The number of esters is 1. The molecule has 3 aromatic carbocycles. The smallest absolute Gasteiger partial charge is 0.339 e. The van der Waals surface area contributed by atoms with E-state index < -0.39 is 18.0 Å². The van der Waals surface area contributed by atoms with E-state index in [0.29, 0.717) is 22.5 Å². The molecule has 1 unspecified atom stereocenters. The fourth-order valence-electron chi connectivity index (χ4n) is 2.74. The number of nitrogens with zero attached hydrogens (tertiary/aromatic N) is 1. The second-order valence-corrected chi connectivity index (χ2v) is 6.51. The summed E-state index contributed by atoms with van der Waals surface area (Å²) >= 11 is 0. The number of anilines is 1. The Kier molecular flexibility index (Phi) is 5.43. The molecule has 0 saturated heterocycles. The summed E-state index contributed by atoms with van der Waals surface area (Å²) in [4.78, 5) is 28.7. The molecule has 1 amide bonds. The minimum atomic E-state index is -0.983. The van der Waals surface area contributed by atoms with E-state index in [0.717, 1.165) is 5.75 Å². The number of oxazole rings is 1. The van der Waals surface area contributed by atoms with Crippen LogP contribution in [0.4, 0.5) is 5.69 Å². The van der Waals surface area contributed by atoms with Gasteiger partial charge in [-0.15, -0.1) is 0 Å². The Morgan fingerprint density at radius 1 is 0.967 bits per heavy atom. The van der Waals surface area contributed by atoms with Crippen molar-refractivity contribution in [2.24, 2.45) is 0 Å². The quantitative estimate of drug-likeness (QED) is 0.466. The number of hydrogen-bond donors (Lipinski definition) is 1. The molecule has 150 valence electrons. The Morgan fingerprint density at radius 2 is 1.70 bits per heavy atom. The molecule has 0 aliphatic rings. The highest BCUT2D eigenvalue weighted by Crippen LogP contribution is 2.23. The molecular formula is C23H18N2O5. The number of rotatable bonds is 6. The van der Waals surface area contributed by atoms with Crippen molar-refractivity contribution < 1.29 is 23.5 Å². The Bertz CT molecular complexity index is 1170. The van der Waals surface area contributed by atoms with Gasteiger partial charge in [0, 0.05) is 5.69 Å². The van der Waals surface area contributed by atoms with Gasteiger partial charge in [-0.1, -0.05) is 18.2 Å². The summed E-state index contributed by atoms with van der Waals surface area (Å²) in [6.45, 7) is 1.51. The Hall–Kier alpha value is -4.13. The first-order chi connectivity index (χ1) is 14.6. The molecule has 1 N–H and O–H groups in total. The van der Waals surface area contributed by atoms with Crippen LogP contribution in [-0.2, 0) is 9.53 Å². The number of aromatic nitrogens is 1. The lowest BCUT2D eigenvalue weighted by Crippen LogP contribution is -2.29. The minimum absolute atomic E-state index is 0.279. The van der Waals surface area contributed by atoms with Crippen LogP contribution in [0.25, 0.3) is 11.1 Å². The number of fused-ring (bicyclic) bond motifs is 1. The molecule has 0 aliphatic carbocycles. The predicted octanol–water partition coefficient (Wildman–Crippen LogP) is 4.80. The molecule has 1 atom stereocenters. The third-order valence-corrected chi connectivity index (χ3v) is 4.32. The van der Waals surface area contributed by atoms with Gasteiger partial charge in [-0.2, -0.15) is 0 Å². The predicted molar refractivity (Wildman–Crippen MR) is 110 cm³/mol. The molecule has 0 bridgehead atoms. The van der Waals surface area contributed by atoms with Crippen molar-refractivity contribution in [1.29, 1.82) is 0 Å². The number of hydrogen-bond acceptors (Lipinski definition) is 6. The first-order valence-electron chi connectivity index (χ1n) is 9.26. The van der Waals surface area contributed by atoms with E-state index in [2.05, 4.69) is 10.3 Å². The van der Waals surface area contributed by atoms with Gasteiger partial charge < -0.3 is 19.2 Å². The Morgan fingerprint density at radius 3 is 2.47 bits per heavy atom. The lowest BCUT2D eigenvalue weighted by Gasteiger charge is -2.14. The van der Waals surface area contributed by atoms with Crippen molar-refractivity contribution in [3.8, 4) is 11.5 Å². The summed E-state index contributed by atoms with van der Waals surface area (Å²) in [5, 5.41) is 2.71. The molecule has 7 heteroatoms. The van der Waals surface area contributed by atoms with Crippen LogP contribution in [0.3, 0.4) is 0 Å². The second kappa shape index (κ2) is 8.48. The molecule has 0 fully saturated rings. The second-order valence-electron chi connectivity index (χ2n) is 6.51. The van der Waals surface area contributed by atoms with Crippen molar-refractivity contribution in [2.75, 3.05) is 5.32 Å².